The molecule has 1 atom stereocenters. The Morgan fingerprint density at radius 1 is 1.31 bits per heavy atom. The summed E-state index contributed by atoms with van der Waals surface area (Å²) >= 11 is 0. The van der Waals surface area contributed by atoms with Crippen LogP contribution in [0.1, 0.15) is 48.5 Å². The van der Waals surface area contributed by atoms with Gasteiger partial charge in [0.25, 0.3) is 0 Å². The Morgan fingerprint density at radius 2 is 2.03 bits per heavy atom. The molecular formula is C22H32N4O3. The zero-order chi connectivity index (χ0) is 20.9. The lowest BCUT2D eigenvalue weighted by Gasteiger charge is -2.49. The maximum atomic E-state index is 11.6. The third-order valence-electron chi connectivity index (χ3n) is 6.62. The molecule has 1 unspecified atom stereocenters. The molecule has 2 heterocycles. The Labute approximate surface area is 172 Å². The molecule has 0 aromatic heterocycles. The predicted molar refractivity (Wildman–Crippen MR) is 113 cm³/mol. The second-order valence-corrected chi connectivity index (χ2v) is 8.58. The van der Waals surface area contributed by atoms with E-state index in [1.54, 1.807) is 0 Å². The quantitative estimate of drug-likeness (QED) is 0.613. The third kappa shape index (κ3) is 5.22. The fraction of sp³-hybridized carbons (Fsp3) is 0.591. The monoisotopic (exact) mass is 400 g/mol. The van der Waals surface area contributed by atoms with Crippen molar-refractivity contribution >= 4 is 24.3 Å². The highest BCUT2D eigenvalue weighted by Gasteiger charge is 2.39. The normalized spacial score (nSPS) is 18.9. The summed E-state index contributed by atoms with van der Waals surface area (Å²) in [6.07, 6.45) is 4.71. The second-order valence-electron chi connectivity index (χ2n) is 8.58. The van der Waals surface area contributed by atoms with Gasteiger partial charge in [-0.1, -0.05) is 0 Å². The van der Waals surface area contributed by atoms with E-state index in [0.29, 0.717) is 36.8 Å². The number of carbonyl (C=O) groups excluding carboxylic acids is 3. The summed E-state index contributed by atoms with van der Waals surface area (Å²) in [4.78, 5) is 38.0. The van der Waals surface area contributed by atoms with Gasteiger partial charge in [0.05, 0.1) is 0 Å². The van der Waals surface area contributed by atoms with Crippen LogP contribution in [0.4, 0.5) is 5.69 Å². The van der Waals surface area contributed by atoms with Crippen molar-refractivity contribution in [1.29, 1.82) is 0 Å². The minimum atomic E-state index is -0.264. The molecular weight excluding hydrogens is 368 g/mol. The number of imide groups is 1. The molecule has 0 aliphatic carbocycles. The fourth-order valence-electron chi connectivity index (χ4n) is 4.23. The van der Waals surface area contributed by atoms with Crippen LogP contribution in [0.2, 0.25) is 0 Å². The van der Waals surface area contributed by atoms with Gasteiger partial charge in [-0.15, -0.1) is 0 Å². The van der Waals surface area contributed by atoms with Gasteiger partial charge in [0.1, 0.15) is 6.29 Å². The standard InChI is InChI=1S/C22H32N4O3/c1-17(3-6-21(29)24-16-28)25(2)12-19-11-20(5-4-18(19)13-27)26-9-7-22(8-10-26)14-23-15-22/h4-5,11,13,16-17,23H,3,6-10,12,14-15H2,1-2H3,(H,24,28,29). The highest BCUT2D eigenvalue weighted by molar-refractivity contribution is 5.85. The molecule has 2 amide bonds. The van der Waals surface area contributed by atoms with Gasteiger partial charge in [-0.2, -0.15) is 0 Å². The first kappa shape index (κ1) is 21.5. The van der Waals surface area contributed by atoms with Crippen LogP contribution in [0, 0.1) is 5.41 Å². The van der Waals surface area contributed by atoms with Gasteiger partial charge in [0, 0.05) is 56.4 Å². The molecule has 7 nitrogen and oxygen atoms in total. The van der Waals surface area contributed by atoms with Crippen molar-refractivity contribution in [2.45, 2.75) is 45.2 Å². The van der Waals surface area contributed by atoms with Crippen molar-refractivity contribution < 1.29 is 14.4 Å². The van der Waals surface area contributed by atoms with Gasteiger partial charge < -0.3 is 10.2 Å². The smallest absolute Gasteiger partial charge is 0.226 e. The number of rotatable bonds is 9. The van der Waals surface area contributed by atoms with Gasteiger partial charge >= 0.3 is 0 Å². The van der Waals surface area contributed by atoms with E-state index in [-0.39, 0.29) is 11.9 Å². The maximum absolute atomic E-state index is 11.6. The summed E-state index contributed by atoms with van der Waals surface area (Å²) in [5.74, 6) is -0.264. The third-order valence-corrected chi connectivity index (χ3v) is 6.62. The summed E-state index contributed by atoms with van der Waals surface area (Å²) in [5.41, 5.74) is 3.41. The average molecular weight is 401 g/mol. The minimum Gasteiger partial charge on any atom is -0.371 e. The van der Waals surface area contributed by atoms with Crippen LogP contribution in [0.15, 0.2) is 18.2 Å². The molecule has 2 aliphatic heterocycles. The number of nitrogens with one attached hydrogen (secondary N) is 2. The molecule has 1 aromatic carbocycles. The molecule has 29 heavy (non-hydrogen) atoms. The van der Waals surface area contributed by atoms with Crippen LogP contribution in [0.5, 0.6) is 0 Å². The first-order valence-electron chi connectivity index (χ1n) is 10.4. The van der Waals surface area contributed by atoms with Crippen LogP contribution in [0.25, 0.3) is 0 Å². The number of hydrogen-bond donors (Lipinski definition) is 2. The molecule has 158 valence electrons. The van der Waals surface area contributed by atoms with Crippen LogP contribution in [0.3, 0.4) is 0 Å². The van der Waals surface area contributed by atoms with E-state index in [1.807, 2.05) is 13.1 Å². The molecule has 2 N–H and O–H groups in total. The lowest BCUT2D eigenvalue weighted by molar-refractivity contribution is -0.125. The summed E-state index contributed by atoms with van der Waals surface area (Å²) in [6, 6.07) is 6.26. The number of piperidine rings is 1. The first-order valence-corrected chi connectivity index (χ1v) is 10.4. The average Bonchev–Trinajstić information content (AvgIpc) is 2.71. The largest absolute Gasteiger partial charge is 0.371 e. The number of aldehydes is 1. The van der Waals surface area contributed by atoms with Crippen molar-refractivity contribution in [2.75, 3.05) is 38.1 Å². The van der Waals surface area contributed by atoms with Crippen molar-refractivity contribution in [1.82, 2.24) is 15.5 Å². The lowest BCUT2D eigenvalue weighted by atomic mass is 9.73. The number of benzene rings is 1. The number of anilines is 1. The number of hydrogen-bond acceptors (Lipinski definition) is 6. The topological polar surface area (TPSA) is 81.8 Å². The summed E-state index contributed by atoms with van der Waals surface area (Å²) in [5, 5.41) is 5.57. The maximum Gasteiger partial charge on any atom is 0.226 e. The highest BCUT2D eigenvalue weighted by Crippen LogP contribution is 2.36. The van der Waals surface area contributed by atoms with Crippen LogP contribution < -0.4 is 15.5 Å². The lowest BCUT2D eigenvalue weighted by Crippen LogP contribution is -2.58. The molecule has 7 heteroatoms. The second kappa shape index (κ2) is 9.50. The van der Waals surface area contributed by atoms with Crippen LogP contribution in [-0.4, -0.2) is 62.8 Å². The van der Waals surface area contributed by atoms with Gasteiger partial charge in [-0.25, -0.2) is 0 Å². The SMILES string of the molecule is CC(CCC(=O)NC=O)N(C)Cc1cc(N2CCC3(CC2)CNC3)ccc1C=O. The predicted octanol–water partition coefficient (Wildman–Crippen LogP) is 1.56. The van der Waals surface area contributed by atoms with Gasteiger partial charge in [0.2, 0.25) is 12.3 Å². The highest BCUT2D eigenvalue weighted by atomic mass is 16.2. The molecule has 0 saturated carbocycles. The van der Waals surface area contributed by atoms with E-state index in [1.165, 1.54) is 18.5 Å². The van der Waals surface area contributed by atoms with Crippen LogP contribution >= 0.6 is 0 Å². The van der Waals surface area contributed by atoms with E-state index in [0.717, 1.165) is 38.0 Å². The van der Waals surface area contributed by atoms with Gasteiger partial charge in [-0.05, 0) is 62.4 Å². The fourth-order valence-corrected chi connectivity index (χ4v) is 4.23. The molecule has 2 aliphatic rings. The zero-order valence-electron chi connectivity index (χ0n) is 17.4. The summed E-state index contributed by atoms with van der Waals surface area (Å²) < 4.78 is 0. The molecule has 1 spiro atoms. The molecule has 0 radical (unpaired) electrons. The minimum absolute atomic E-state index is 0.150. The first-order chi connectivity index (χ1) is 14.0. The van der Waals surface area contributed by atoms with Gasteiger partial charge in [-0.3, -0.25) is 24.6 Å². The van der Waals surface area contributed by atoms with E-state index >= 15 is 0 Å². The van der Waals surface area contributed by atoms with Crippen molar-refractivity contribution in [2.24, 2.45) is 5.41 Å². The Kier molecular flexibility index (Phi) is 7.03. The number of amides is 2. The van der Waals surface area contributed by atoms with E-state index < -0.39 is 0 Å². The summed E-state index contributed by atoms with van der Waals surface area (Å²) in [6.45, 7) is 7.09. The Morgan fingerprint density at radius 3 is 2.62 bits per heavy atom. The van der Waals surface area contributed by atoms with E-state index in [9.17, 15) is 14.4 Å². The Balaban J connectivity index is 1.61. The van der Waals surface area contributed by atoms with E-state index in [2.05, 4.69) is 39.5 Å². The van der Waals surface area contributed by atoms with Crippen molar-refractivity contribution in [3.05, 3.63) is 29.3 Å². The molecule has 1 aromatic rings. The molecule has 3 rings (SSSR count). The zero-order valence-corrected chi connectivity index (χ0v) is 17.4. The van der Waals surface area contributed by atoms with Crippen molar-refractivity contribution in [3.63, 3.8) is 0 Å². The molecule has 2 saturated heterocycles. The van der Waals surface area contributed by atoms with Crippen LogP contribution in [-0.2, 0) is 16.1 Å². The Hall–Kier alpha value is -2.25. The molecule has 0 bridgehead atoms. The van der Waals surface area contributed by atoms with Gasteiger partial charge in [0.15, 0.2) is 0 Å². The molecule has 2 fully saturated rings. The van der Waals surface area contributed by atoms with E-state index in [4.69, 9.17) is 0 Å². The Bertz CT molecular complexity index is 738. The number of carbonyl (C=O) groups is 3. The summed E-state index contributed by atoms with van der Waals surface area (Å²) in [7, 11) is 2.00. The number of nitrogens with zero attached hydrogens (tertiary/aromatic N) is 2. The van der Waals surface area contributed by atoms with Crippen molar-refractivity contribution in [3.8, 4) is 0 Å².